The maximum absolute atomic E-state index is 13.5. The zero-order chi connectivity index (χ0) is 18.6. The number of benzene rings is 2. The monoisotopic (exact) mass is 351 g/mol. The van der Waals surface area contributed by atoms with Crippen LogP contribution in [-0.4, -0.2) is 19.1 Å². The van der Waals surface area contributed by atoms with Crippen molar-refractivity contribution in [2.75, 3.05) is 13.2 Å². The van der Waals surface area contributed by atoms with E-state index in [0.29, 0.717) is 11.8 Å². The van der Waals surface area contributed by atoms with Crippen molar-refractivity contribution in [2.45, 2.75) is 26.2 Å². The van der Waals surface area contributed by atoms with Gasteiger partial charge in [-0.3, -0.25) is 4.79 Å². The number of nitrogens with one attached hydrogen (secondary N) is 1. The van der Waals surface area contributed by atoms with Crippen molar-refractivity contribution in [3.05, 3.63) is 65.0 Å². The minimum absolute atomic E-state index is 0.0427. The van der Waals surface area contributed by atoms with E-state index in [-0.39, 0.29) is 18.6 Å². The first-order chi connectivity index (χ1) is 11.7. The highest BCUT2D eigenvalue weighted by Crippen LogP contribution is 2.24. The van der Waals surface area contributed by atoms with Crippen molar-refractivity contribution in [1.29, 1.82) is 0 Å². The summed E-state index contributed by atoms with van der Waals surface area (Å²) in [6.45, 7) is 6.58. The third-order valence-corrected chi connectivity index (χ3v) is 3.66. The minimum Gasteiger partial charge on any atom is -0.492 e. The largest absolute Gasteiger partial charge is 0.492 e. The van der Waals surface area contributed by atoms with E-state index in [1.165, 1.54) is 5.56 Å². The maximum atomic E-state index is 13.5. The third kappa shape index (κ3) is 4.75. The molecule has 0 spiro atoms. The van der Waals surface area contributed by atoms with E-state index < -0.39 is 28.9 Å². The fourth-order valence-corrected chi connectivity index (χ4v) is 2.18. The molecule has 0 saturated carbocycles. The zero-order valence-electron chi connectivity index (χ0n) is 14.3. The summed E-state index contributed by atoms with van der Waals surface area (Å²) in [5.41, 5.74) is 0.663. The van der Waals surface area contributed by atoms with Crippen LogP contribution in [0.1, 0.15) is 36.7 Å². The molecule has 0 aliphatic heterocycles. The number of amides is 1. The second kappa shape index (κ2) is 7.59. The molecule has 0 atom stereocenters. The van der Waals surface area contributed by atoms with Crippen LogP contribution in [0, 0.1) is 17.5 Å². The molecule has 0 aliphatic rings. The second-order valence-electron chi connectivity index (χ2n) is 6.60. The van der Waals surface area contributed by atoms with Crippen molar-refractivity contribution < 1.29 is 22.7 Å². The van der Waals surface area contributed by atoms with Crippen molar-refractivity contribution >= 4 is 5.91 Å². The van der Waals surface area contributed by atoms with Crippen LogP contribution in [0.2, 0.25) is 0 Å². The van der Waals surface area contributed by atoms with Crippen molar-refractivity contribution in [3.8, 4) is 5.75 Å². The Morgan fingerprint density at radius 1 is 1.00 bits per heavy atom. The van der Waals surface area contributed by atoms with Gasteiger partial charge in [0.1, 0.15) is 12.4 Å². The van der Waals surface area contributed by atoms with Crippen molar-refractivity contribution in [1.82, 2.24) is 5.32 Å². The molecule has 0 heterocycles. The predicted molar refractivity (Wildman–Crippen MR) is 89.3 cm³/mol. The van der Waals surface area contributed by atoms with Crippen molar-refractivity contribution in [2.24, 2.45) is 0 Å². The molecule has 2 aromatic rings. The smallest absolute Gasteiger partial charge is 0.254 e. The van der Waals surface area contributed by atoms with Gasteiger partial charge in [0.25, 0.3) is 5.91 Å². The molecule has 134 valence electrons. The number of carbonyl (C=O) groups is 1. The van der Waals surface area contributed by atoms with E-state index in [9.17, 15) is 18.0 Å². The lowest BCUT2D eigenvalue weighted by Crippen LogP contribution is -2.29. The van der Waals surface area contributed by atoms with Gasteiger partial charge in [0.2, 0.25) is 0 Å². The van der Waals surface area contributed by atoms with Gasteiger partial charge in [-0.1, -0.05) is 32.9 Å². The molecule has 0 unspecified atom stereocenters. The van der Waals surface area contributed by atoms with Gasteiger partial charge >= 0.3 is 0 Å². The number of hydrogen-bond acceptors (Lipinski definition) is 2. The summed E-state index contributed by atoms with van der Waals surface area (Å²) in [7, 11) is 0. The Bertz CT molecular complexity index is 752. The van der Waals surface area contributed by atoms with Gasteiger partial charge in [-0.05, 0) is 35.2 Å². The number of rotatable bonds is 5. The molecular weight excluding hydrogens is 331 g/mol. The van der Waals surface area contributed by atoms with Crippen LogP contribution in [0.15, 0.2) is 36.4 Å². The van der Waals surface area contributed by atoms with Gasteiger partial charge in [-0.2, -0.15) is 0 Å². The summed E-state index contributed by atoms with van der Waals surface area (Å²) in [4.78, 5) is 11.8. The molecule has 3 nitrogen and oxygen atoms in total. The molecule has 0 radical (unpaired) electrons. The quantitative estimate of drug-likeness (QED) is 0.647. The summed E-state index contributed by atoms with van der Waals surface area (Å²) >= 11 is 0. The lowest BCUT2D eigenvalue weighted by atomic mass is 9.87. The molecule has 2 aromatic carbocycles. The van der Waals surface area contributed by atoms with E-state index in [0.717, 1.165) is 6.07 Å². The van der Waals surface area contributed by atoms with E-state index >= 15 is 0 Å². The predicted octanol–water partition coefficient (Wildman–Crippen LogP) is 4.21. The van der Waals surface area contributed by atoms with Crippen molar-refractivity contribution in [3.63, 3.8) is 0 Å². The number of carbonyl (C=O) groups excluding carboxylic acids is 1. The van der Waals surface area contributed by atoms with Gasteiger partial charge in [0, 0.05) is 0 Å². The SMILES string of the molecule is CC(C)(C)c1ccc(OCCNC(=O)c2ccc(F)c(F)c2F)cc1. The van der Waals surface area contributed by atoms with Crippen LogP contribution in [0.4, 0.5) is 13.2 Å². The third-order valence-electron chi connectivity index (χ3n) is 3.66. The fraction of sp³-hybridized carbons (Fsp3) is 0.316. The Balaban J connectivity index is 1.85. The lowest BCUT2D eigenvalue weighted by Gasteiger charge is -2.19. The van der Waals surface area contributed by atoms with E-state index in [1.54, 1.807) is 0 Å². The summed E-state index contributed by atoms with van der Waals surface area (Å²) in [6.07, 6.45) is 0. The average molecular weight is 351 g/mol. The Morgan fingerprint density at radius 2 is 1.64 bits per heavy atom. The number of hydrogen-bond donors (Lipinski definition) is 1. The van der Waals surface area contributed by atoms with E-state index in [2.05, 4.69) is 26.1 Å². The number of halogens is 3. The Labute approximate surface area is 144 Å². The van der Waals surface area contributed by atoms with Crippen LogP contribution >= 0.6 is 0 Å². The summed E-state index contributed by atoms with van der Waals surface area (Å²) in [5, 5.41) is 2.40. The molecule has 6 heteroatoms. The molecule has 0 bridgehead atoms. The second-order valence-corrected chi connectivity index (χ2v) is 6.60. The summed E-state index contributed by atoms with van der Waals surface area (Å²) in [6, 6.07) is 9.19. The van der Waals surface area contributed by atoms with Crippen LogP contribution in [0.3, 0.4) is 0 Å². The molecule has 1 N–H and O–H groups in total. The van der Waals surface area contributed by atoms with Crippen LogP contribution in [-0.2, 0) is 5.41 Å². The minimum atomic E-state index is -1.66. The van der Waals surface area contributed by atoms with Gasteiger partial charge < -0.3 is 10.1 Å². The Hall–Kier alpha value is -2.50. The van der Waals surface area contributed by atoms with Gasteiger partial charge in [0.05, 0.1) is 12.1 Å². The molecule has 0 aromatic heterocycles. The Kier molecular flexibility index (Phi) is 5.72. The Morgan fingerprint density at radius 3 is 2.24 bits per heavy atom. The number of ether oxygens (including phenoxy) is 1. The van der Waals surface area contributed by atoms with Gasteiger partial charge in [0.15, 0.2) is 17.5 Å². The molecule has 25 heavy (non-hydrogen) atoms. The van der Waals surface area contributed by atoms with Crippen LogP contribution < -0.4 is 10.1 Å². The van der Waals surface area contributed by atoms with E-state index in [1.807, 2.05) is 24.3 Å². The maximum Gasteiger partial charge on any atom is 0.254 e. The molecular formula is C19H20F3NO2. The topological polar surface area (TPSA) is 38.3 Å². The van der Waals surface area contributed by atoms with Gasteiger partial charge in [-0.25, -0.2) is 13.2 Å². The molecule has 2 rings (SSSR count). The van der Waals surface area contributed by atoms with Crippen LogP contribution in [0.25, 0.3) is 0 Å². The molecule has 0 fully saturated rings. The highest BCUT2D eigenvalue weighted by atomic mass is 19.2. The van der Waals surface area contributed by atoms with Gasteiger partial charge in [-0.15, -0.1) is 0 Å². The fourth-order valence-electron chi connectivity index (χ4n) is 2.18. The van der Waals surface area contributed by atoms with Crippen LogP contribution in [0.5, 0.6) is 5.75 Å². The molecule has 0 aliphatic carbocycles. The summed E-state index contributed by atoms with van der Waals surface area (Å²) in [5.74, 6) is -4.69. The normalized spacial score (nSPS) is 11.3. The standard InChI is InChI=1S/C19H20F3NO2/c1-19(2,3)12-4-6-13(7-5-12)25-11-10-23-18(24)14-8-9-15(20)17(22)16(14)21/h4-9H,10-11H2,1-3H3,(H,23,24). The highest BCUT2D eigenvalue weighted by molar-refractivity contribution is 5.94. The average Bonchev–Trinajstić information content (AvgIpc) is 2.56. The molecule has 1 amide bonds. The zero-order valence-corrected chi connectivity index (χ0v) is 14.3. The molecule has 0 saturated heterocycles. The lowest BCUT2D eigenvalue weighted by molar-refractivity contribution is 0.0941. The first kappa shape index (κ1) is 18.8. The first-order valence-electron chi connectivity index (χ1n) is 7.85. The summed E-state index contributed by atoms with van der Waals surface area (Å²) < 4.78 is 45.0. The highest BCUT2D eigenvalue weighted by Gasteiger charge is 2.18. The van der Waals surface area contributed by atoms with E-state index in [4.69, 9.17) is 4.74 Å². The first-order valence-corrected chi connectivity index (χ1v) is 7.85.